The number of fused-ring (bicyclic) bond motifs is 1. The van der Waals surface area contributed by atoms with Crippen molar-refractivity contribution >= 4 is 38.9 Å². The number of phenols is 1. The molecule has 0 unspecified atom stereocenters. The number of amides is 1. The average Bonchev–Trinajstić information content (AvgIpc) is 2.99. The maximum atomic E-state index is 12.7. The minimum atomic E-state index is -3.99. The van der Waals surface area contributed by atoms with E-state index in [1.807, 2.05) is 0 Å². The third-order valence-corrected chi connectivity index (χ3v) is 6.23. The molecule has 10 heteroatoms. The van der Waals surface area contributed by atoms with E-state index in [9.17, 15) is 18.3 Å². The van der Waals surface area contributed by atoms with Crippen molar-refractivity contribution in [1.29, 1.82) is 0 Å². The van der Waals surface area contributed by atoms with Crippen LogP contribution in [0.1, 0.15) is 16.8 Å². The van der Waals surface area contributed by atoms with Crippen LogP contribution in [0.5, 0.6) is 17.2 Å². The number of halogens is 1. The van der Waals surface area contributed by atoms with Gasteiger partial charge in [0.25, 0.3) is 15.9 Å². The van der Waals surface area contributed by atoms with Crippen molar-refractivity contribution < 1.29 is 27.8 Å². The van der Waals surface area contributed by atoms with E-state index in [-0.39, 0.29) is 27.6 Å². The van der Waals surface area contributed by atoms with Gasteiger partial charge in [0.2, 0.25) is 0 Å². The zero-order chi connectivity index (χ0) is 22.7. The van der Waals surface area contributed by atoms with Crippen molar-refractivity contribution in [3.8, 4) is 17.2 Å². The third kappa shape index (κ3) is 4.90. The van der Waals surface area contributed by atoms with E-state index in [1.54, 1.807) is 30.3 Å². The van der Waals surface area contributed by atoms with Crippen LogP contribution < -0.4 is 19.5 Å². The van der Waals surface area contributed by atoms with Crippen molar-refractivity contribution in [3.63, 3.8) is 0 Å². The number of rotatable bonds is 5. The van der Waals surface area contributed by atoms with Gasteiger partial charge in [-0.3, -0.25) is 9.52 Å². The summed E-state index contributed by atoms with van der Waals surface area (Å²) >= 11 is 5.90. The number of sulfonamides is 1. The van der Waals surface area contributed by atoms with Crippen molar-refractivity contribution in [3.05, 3.63) is 71.2 Å². The number of carbonyl (C=O) groups is 1. The van der Waals surface area contributed by atoms with Crippen LogP contribution in [-0.4, -0.2) is 32.6 Å². The maximum absolute atomic E-state index is 12.7. The van der Waals surface area contributed by atoms with Crippen molar-refractivity contribution in [2.24, 2.45) is 0 Å². The predicted octanol–water partition coefficient (Wildman–Crippen LogP) is 4.26. The minimum absolute atomic E-state index is 0.0592. The molecule has 4 rings (SSSR count). The molecule has 1 aliphatic heterocycles. The fourth-order valence-corrected chi connectivity index (χ4v) is 4.31. The van der Waals surface area contributed by atoms with E-state index in [4.69, 9.17) is 21.1 Å². The maximum Gasteiger partial charge on any atom is 0.261 e. The Balaban J connectivity index is 1.56. The molecule has 1 amide bonds. The molecule has 0 fully saturated rings. The molecular formula is C22H19ClN2O6S. The van der Waals surface area contributed by atoms with Gasteiger partial charge in [-0.25, -0.2) is 8.42 Å². The second-order valence-corrected chi connectivity index (χ2v) is 9.08. The highest BCUT2D eigenvalue weighted by atomic mass is 35.5. The Morgan fingerprint density at radius 1 is 0.969 bits per heavy atom. The molecule has 0 bridgehead atoms. The van der Waals surface area contributed by atoms with Gasteiger partial charge in [-0.2, -0.15) is 0 Å². The first kappa shape index (κ1) is 21.8. The summed E-state index contributed by atoms with van der Waals surface area (Å²) in [6.45, 7) is 0.995. The first-order valence-electron chi connectivity index (χ1n) is 9.64. The topological polar surface area (TPSA) is 114 Å². The first-order valence-corrected chi connectivity index (χ1v) is 11.5. The molecule has 0 aliphatic carbocycles. The van der Waals surface area contributed by atoms with E-state index >= 15 is 0 Å². The van der Waals surface area contributed by atoms with Crippen LogP contribution in [-0.2, 0) is 10.0 Å². The van der Waals surface area contributed by atoms with Gasteiger partial charge in [-0.15, -0.1) is 0 Å². The largest absolute Gasteiger partial charge is 0.506 e. The fourth-order valence-electron chi connectivity index (χ4n) is 3.05. The summed E-state index contributed by atoms with van der Waals surface area (Å²) in [6, 6.07) is 14.6. The Morgan fingerprint density at radius 3 is 2.53 bits per heavy atom. The van der Waals surface area contributed by atoms with Gasteiger partial charge in [0.05, 0.1) is 29.5 Å². The summed E-state index contributed by atoms with van der Waals surface area (Å²) < 4.78 is 39.0. The molecule has 3 aromatic carbocycles. The number of hydrogen-bond acceptors (Lipinski definition) is 6. The average molecular weight is 475 g/mol. The number of benzene rings is 3. The van der Waals surface area contributed by atoms with Crippen molar-refractivity contribution in [1.82, 2.24) is 0 Å². The minimum Gasteiger partial charge on any atom is -0.506 e. The van der Waals surface area contributed by atoms with Crippen LogP contribution in [0.2, 0.25) is 5.02 Å². The molecule has 0 radical (unpaired) electrons. The van der Waals surface area contributed by atoms with E-state index in [1.165, 1.54) is 30.3 Å². The molecule has 0 atom stereocenters. The highest BCUT2D eigenvalue weighted by molar-refractivity contribution is 7.92. The number of aromatic hydroxyl groups is 1. The number of ether oxygens (including phenoxy) is 2. The van der Waals surface area contributed by atoms with Crippen LogP contribution in [0, 0.1) is 0 Å². The zero-order valence-corrected chi connectivity index (χ0v) is 18.2. The lowest BCUT2D eigenvalue weighted by Crippen LogP contribution is -2.15. The van der Waals surface area contributed by atoms with Crippen LogP contribution in [0.3, 0.4) is 0 Å². The Bertz CT molecular complexity index is 1280. The SMILES string of the molecule is O=C(Nc1cc(S(=O)(=O)Nc2cccc(Cl)c2)ccc1O)c1ccc2c(c1)OCCCO2. The second-order valence-electron chi connectivity index (χ2n) is 6.96. The number of phenolic OH excluding ortho intramolecular Hbond substituents is 1. The highest BCUT2D eigenvalue weighted by Crippen LogP contribution is 2.32. The Kier molecular flexibility index (Phi) is 6.11. The lowest BCUT2D eigenvalue weighted by atomic mass is 10.1. The molecule has 0 aromatic heterocycles. The summed E-state index contributed by atoms with van der Waals surface area (Å²) in [7, 11) is -3.99. The molecule has 0 spiro atoms. The monoisotopic (exact) mass is 474 g/mol. The first-order chi connectivity index (χ1) is 15.3. The van der Waals surface area contributed by atoms with Gasteiger partial charge in [0.1, 0.15) is 5.75 Å². The predicted molar refractivity (Wildman–Crippen MR) is 120 cm³/mol. The molecule has 3 N–H and O–H groups in total. The summed E-state index contributed by atoms with van der Waals surface area (Å²) in [4.78, 5) is 12.6. The van der Waals surface area contributed by atoms with E-state index < -0.39 is 15.9 Å². The van der Waals surface area contributed by atoms with E-state index in [2.05, 4.69) is 10.0 Å². The summed E-state index contributed by atoms with van der Waals surface area (Å²) in [6.07, 6.45) is 0.731. The van der Waals surface area contributed by atoms with Gasteiger partial charge < -0.3 is 19.9 Å². The standard InChI is InChI=1S/C22H19ClN2O6S/c23-15-3-1-4-16(12-15)25-32(28,29)17-6-7-19(26)18(13-17)24-22(27)14-5-8-20-21(11-14)31-10-2-9-30-20/h1,3-8,11-13,25-26H,2,9-10H2,(H,24,27). The third-order valence-electron chi connectivity index (χ3n) is 4.61. The van der Waals surface area contributed by atoms with Crippen molar-refractivity contribution in [2.45, 2.75) is 11.3 Å². The Labute approximate surface area is 189 Å². The van der Waals surface area contributed by atoms with Gasteiger partial charge in [-0.1, -0.05) is 17.7 Å². The number of nitrogens with one attached hydrogen (secondary N) is 2. The molecule has 1 aliphatic rings. The summed E-state index contributed by atoms with van der Waals surface area (Å²) in [5.41, 5.74) is 0.485. The quantitative estimate of drug-likeness (QED) is 0.476. The molecule has 3 aromatic rings. The molecule has 1 heterocycles. The number of hydrogen-bond donors (Lipinski definition) is 3. The molecule has 166 valence electrons. The summed E-state index contributed by atoms with van der Waals surface area (Å²) in [5.74, 6) is 0.159. The van der Waals surface area contributed by atoms with Gasteiger partial charge in [-0.05, 0) is 54.6 Å². The lowest BCUT2D eigenvalue weighted by Gasteiger charge is -2.13. The van der Waals surface area contributed by atoms with E-state index in [0.717, 1.165) is 6.42 Å². The second kappa shape index (κ2) is 8.97. The molecule has 32 heavy (non-hydrogen) atoms. The normalized spacial score (nSPS) is 13.2. The van der Waals surface area contributed by atoms with Gasteiger partial charge in [0.15, 0.2) is 11.5 Å². The highest BCUT2D eigenvalue weighted by Gasteiger charge is 2.19. The molecular weight excluding hydrogens is 456 g/mol. The van der Waals surface area contributed by atoms with E-state index in [0.29, 0.717) is 29.7 Å². The van der Waals surface area contributed by atoms with Gasteiger partial charge in [0, 0.05) is 17.0 Å². The van der Waals surface area contributed by atoms with Crippen LogP contribution in [0.25, 0.3) is 0 Å². The number of carbonyl (C=O) groups excluding carboxylic acids is 1. The van der Waals surface area contributed by atoms with Crippen molar-refractivity contribution in [2.75, 3.05) is 23.3 Å². The van der Waals surface area contributed by atoms with Gasteiger partial charge >= 0.3 is 0 Å². The molecule has 8 nitrogen and oxygen atoms in total. The molecule has 0 saturated carbocycles. The number of anilines is 2. The zero-order valence-electron chi connectivity index (χ0n) is 16.7. The molecule has 0 saturated heterocycles. The smallest absolute Gasteiger partial charge is 0.261 e. The van der Waals surface area contributed by atoms with Crippen LogP contribution in [0.4, 0.5) is 11.4 Å². The lowest BCUT2D eigenvalue weighted by molar-refractivity contribution is 0.102. The van der Waals surface area contributed by atoms with Crippen LogP contribution >= 0.6 is 11.6 Å². The fraction of sp³-hybridized carbons (Fsp3) is 0.136. The van der Waals surface area contributed by atoms with Crippen LogP contribution in [0.15, 0.2) is 65.6 Å². The Morgan fingerprint density at radius 2 is 1.75 bits per heavy atom. The Hall–Kier alpha value is -3.43. The summed E-state index contributed by atoms with van der Waals surface area (Å²) in [5, 5.41) is 13.1.